The molecule has 1 fully saturated rings. The number of nitrogens with one attached hydrogen (secondary N) is 1. The molecule has 1 N–H and O–H groups in total. The zero-order valence-corrected chi connectivity index (χ0v) is 17.6. The fourth-order valence-corrected chi connectivity index (χ4v) is 3.57. The third kappa shape index (κ3) is 5.67. The molecule has 1 aliphatic heterocycles. The summed E-state index contributed by atoms with van der Waals surface area (Å²) in [6, 6.07) is 7.05. The van der Waals surface area contributed by atoms with E-state index in [2.05, 4.69) is 10.2 Å². The molecule has 2 amide bonds. The summed E-state index contributed by atoms with van der Waals surface area (Å²) in [7, 11) is 0. The van der Waals surface area contributed by atoms with E-state index in [1.165, 1.54) is 6.07 Å². The Morgan fingerprint density at radius 3 is 2.45 bits per heavy atom. The fourth-order valence-electron chi connectivity index (χ4n) is 3.57. The zero-order valence-electron chi connectivity index (χ0n) is 17.6. The molecule has 0 bridgehead atoms. The molecule has 29 heavy (non-hydrogen) atoms. The minimum absolute atomic E-state index is 0.00458. The first kappa shape index (κ1) is 21.0. The van der Waals surface area contributed by atoms with Crippen molar-refractivity contribution in [2.75, 3.05) is 32.7 Å². The maximum Gasteiger partial charge on any atom is 0.336 e. The van der Waals surface area contributed by atoms with Gasteiger partial charge in [-0.2, -0.15) is 0 Å². The van der Waals surface area contributed by atoms with Crippen LogP contribution in [0.1, 0.15) is 31.9 Å². The minimum atomic E-state index is -0.444. The zero-order chi connectivity index (χ0) is 21.2. The lowest BCUT2D eigenvalue weighted by molar-refractivity contribution is -0.132. The van der Waals surface area contributed by atoms with Crippen LogP contribution in [0.4, 0.5) is 0 Å². The number of aryl methyl sites for hydroxylation is 1. The molecular formula is C22H29N3O4. The van der Waals surface area contributed by atoms with Crippen molar-refractivity contribution in [3.05, 3.63) is 45.8 Å². The van der Waals surface area contributed by atoms with Gasteiger partial charge in [0.15, 0.2) is 0 Å². The second kappa shape index (κ2) is 8.37. The van der Waals surface area contributed by atoms with Crippen molar-refractivity contribution < 1.29 is 14.0 Å². The number of carbonyl (C=O) groups excluding carboxylic acids is 2. The summed E-state index contributed by atoms with van der Waals surface area (Å²) in [5.41, 5.74) is 1.50. The van der Waals surface area contributed by atoms with Gasteiger partial charge in [0, 0.05) is 43.2 Å². The standard InChI is InChI=1S/C22H29N3O4/c1-15-5-6-17-16(13-21(28)29-18(17)11-15)12-20(27)25-9-7-24(8-10-25)14-19(26)23-22(2,3)4/h5-6,11,13H,7-10,12,14H2,1-4H3,(H,23,26). The van der Waals surface area contributed by atoms with E-state index in [-0.39, 0.29) is 23.8 Å². The van der Waals surface area contributed by atoms with Crippen molar-refractivity contribution >= 4 is 22.8 Å². The van der Waals surface area contributed by atoms with Crippen LogP contribution in [-0.2, 0) is 16.0 Å². The first-order valence-electron chi connectivity index (χ1n) is 9.95. The van der Waals surface area contributed by atoms with Crippen LogP contribution in [0.25, 0.3) is 11.0 Å². The molecule has 0 aliphatic carbocycles. The Labute approximate surface area is 170 Å². The molecule has 0 atom stereocenters. The predicted octanol–water partition coefficient (Wildman–Crippen LogP) is 1.70. The van der Waals surface area contributed by atoms with E-state index in [0.29, 0.717) is 43.9 Å². The average Bonchev–Trinajstić information content (AvgIpc) is 2.60. The average molecular weight is 399 g/mol. The SMILES string of the molecule is Cc1ccc2c(CC(=O)N3CCN(CC(=O)NC(C)(C)C)CC3)cc(=O)oc2c1. The monoisotopic (exact) mass is 399 g/mol. The summed E-state index contributed by atoms with van der Waals surface area (Å²) in [4.78, 5) is 40.6. The molecule has 2 heterocycles. The van der Waals surface area contributed by atoms with Gasteiger partial charge in [0.2, 0.25) is 11.8 Å². The second-order valence-electron chi connectivity index (χ2n) is 8.72. The quantitative estimate of drug-likeness (QED) is 0.792. The van der Waals surface area contributed by atoms with Gasteiger partial charge in [-0.05, 0) is 44.9 Å². The van der Waals surface area contributed by atoms with Gasteiger partial charge in [-0.25, -0.2) is 4.79 Å². The fraction of sp³-hybridized carbons (Fsp3) is 0.500. The molecule has 156 valence electrons. The van der Waals surface area contributed by atoms with Gasteiger partial charge in [0.1, 0.15) is 5.58 Å². The molecule has 1 saturated heterocycles. The highest BCUT2D eigenvalue weighted by molar-refractivity contribution is 5.87. The normalized spacial score (nSPS) is 15.5. The highest BCUT2D eigenvalue weighted by atomic mass is 16.4. The number of benzene rings is 1. The first-order valence-corrected chi connectivity index (χ1v) is 9.95. The highest BCUT2D eigenvalue weighted by Crippen LogP contribution is 2.19. The number of fused-ring (bicyclic) bond motifs is 1. The maximum absolute atomic E-state index is 12.8. The van der Waals surface area contributed by atoms with Crippen molar-refractivity contribution in [3.8, 4) is 0 Å². The Hall–Kier alpha value is -2.67. The van der Waals surface area contributed by atoms with Crippen molar-refractivity contribution in [3.63, 3.8) is 0 Å². The van der Waals surface area contributed by atoms with Crippen molar-refractivity contribution in [1.82, 2.24) is 15.1 Å². The highest BCUT2D eigenvalue weighted by Gasteiger charge is 2.24. The number of carbonyl (C=O) groups is 2. The van der Waals surface area contributed by atoms with E-state index in [0.717, 1.165) is 10.9 Å². The van der Waals surface area contributed by atoms with Crippen LogP contribution in [0.5, 0.6) is 0 Å². The van der Waals surface area contributed by atoms with Crippen LogP contribution in [-0.4, -0.2) is 59.9 Å². The predicted molar refractivity (Wildman–Crippen MR) is 112 cm³/mol. The lowest BCUT2D eigenvalue weighted by Crippen LogP contribution is -2.53. The third-order valence-corrected chi connectivity index (χ3v) is 4.93. The molecule has 0 radical (unpaired) electrons. The lowest BCUT2D eigenvalue weighted by Gasteiger charge is -2.35. The summed E-state index contributed by atoms with van der Waals surface area (Å²) in [5.74, 6) is -0.0219. The summed E-state index contributed by atoms with van der Waals surface area (Å²) >= 11 is 0. The van der Waals surface area contributed by atoms with E-state index >= 15 is 0 Å². The van der Waals surface area contributed by atoms with Crippen LogP contribution in [0, 0.1) is 6.92 Å². The summed E-state index contributed by atoms with van der Waals surface area (Å²) in [6.07, 6.45) is 0.162. The van der Waals surface area contributed by atoms with Crippen molar-refractivity contribution in [2.45, 2.75) is 39.7 Å². The van der Waals surface area contributed by atoms with E-state index in [1.807, 2.05) is 45.9 Å². The molecule has 1 aromatic heterocycles. The number of hydrogen-bond acceptors (Lipinski definition) is 5. The number of rotatable bonds is 4. The van der Waals surface area contributed by atoms with E-state index < -0.39 is 5.63 Å². The summed E-state index contributed by atoms with van der Waals surface area (Å²) in [6.45, 7) is 10.6. The van der Waals surface area contributed by atoms with Gasteiger partial charge in [-0.3, -0.25) is 14.5 Å². The van der Waals surface area contributed by atoms with Crippen LogP contribution >= 0.6 is 0 Å². The second-order valence-corrected chi connectivity index (χ2v) is 8.72. The van der Waals surface area contributed by atoms with E-state index in [4.69, 9.17) is 4.42 Å². The molecule has 3 rings (SSSR count). The Balaban J connectivity index is 1.60. The smallest absolute Gasteiger partial charge is 0.336 e. The van der Waals surface area contributed by atoms with Crippen LogP contribution < -0.4 is 10.9 Å². The number of nitrogens with zero attached hydrogens (tertiary/aromatic N) is 2. The number of amides is 2. The molecule has 0 saturated carbocycles. The first-order chi connectivity index (χ1) is 13.6. The van der Waals surface area contributed by atoms with E-state index in [9.17, 15) is 14.4 Å². The van der Waals surface area contributed by atoms with Crippen molar-refractivity contribution in [2.24, 2.45) is 0 Å². The Morgan fingerprint density at radius 1 is 1.10 bits per heavy atom. The van der Waals surface area contributed by atoms with Crippen LogP contribution in [0.15, 0.2) is 33.5 Å². The van der Waals surface area contributed by atoms with Crippen LogP contribution in [0.3, 0.4) is 0 Å². The van der Waals surface area contributed by atoms with Gasteiger partial charge in [-0.1, -0.05) is 12.1 Å². The lowest BCUT2D eigenvalue weighted by atomic mass is 10.0. The topological polar surface area (TPSA) is 82.9 Å². The molecule has 0 spiro atoms. The van der Waals surface area contributed by atoms with Gasteiger partial charge in [-0.15, -0.1) is 0 Å². The Bertz CT molecular complexity index is 966. The Kier molecular flexibility index (Phi) is 6.07. The number of hydrogen-bond donors (Lipinski definition) is 1. The Morgan fingerprint density at radius 2 is 1.79 bits per heavy atom. The summed E-state index contributed by atoms with van der Waals surface area (Å²) in [5, 5.41) is 3.75. The van der Waals surface area contributed by atoms with Gasteiger partial charge >= 0.3 is 5.63 Å². The maximum atomic E-state index is 12.8. The van der Waals surface area contributed by atoms with Gasteiger partial charge in [0.05, 0.1) is 13.0 Å². The number of piperazine rings is 1. The molecular weight excluding hydrogens is 370 g/mol. The van der Waals surface area contributed by atoms with Crippen LogP contribution in [0.2, 0.25) is 0 Å². The third-order valence-electron chi connectivity index (χ3n) is 4.93. The van der Waals surface area contributed by atoms with Gasteiger partial charge in [0.25, 0.3) is 0 Å². The van der Waals surface area contributed by atoms with Gasteiger partial charge < -0.3 is 14.6 Å². The molecule has 0 unspecified atom stereocenters. The molecule has 1 aliphatic rings. The van der Waals surface area contributed by atoms with Crippen molar-refractivity contribution in [1.29, 1.82) is 0 Å². The largest absolute Gasteiger partial charge is 0.423 e. The van der Waals surface area contributed by atoms with E-state index in [1.54, 1.807) is 4.90 Å². The summed E-state index contributed by atoms with van der Waals surface area (Å²) < 4.78 is 5.27. The molecule has 7 heteroatoms. The minimum Gasteiger partial charge on any atom is -0.423 e. The molecule has 1 aromatic carbocycles. The molecule has 7 nitrogen and oxygen atoms in total. The molecule has 2 aromatic rings.